The average molecular weight is 403 g/mol. The Morgan fingerprint density at radius 2 is 1.67 bits per heavy atom. The van der Waals surface area contributed by atoms with Crippen molar-refractivity contribution in [1.82, 2.24) is 20.4 Å². The molecule has 2 aromatic rings. The quantitative estimate of drug-likeness (QED) is 0.512. The van der Waals surface area contributed by atoms with Crippen LogP contribution in [0.1, 0.15) is 19.8 Å². The molecule has 3 rings (SSSR count). The predicted molar refractivity (Wildman–Crippen MR) is 96.9 cm³/mol. The fourth-order valence-electron chi connectivity index (χ4n) is 1.60. The van der Waals surface area contributed by atoms with E-state index in [0.29, 0.717) is 14.6 Å². The van der Waals surface area contributed by atoms with E-state index in [9.17, 15) is 9.59 Å². The summed E-state index contributed by atoms with van der Waals surface area (Å²) in [7, 11) is 0. The van der Waals surface area contributed by atoms with Gasteiger partial charge in [0.2, 0.25) is 22.1 Å². The molecule has 2 heterocycles. The van der Waals surface area contributed by atoms with Gasteiger partial charge in [-0.05, 0) is 18.6 Å². The first kappa shape index (κ1) is 17.6. The lowest BCUT2D eigenvalue weighted by Gasteiger charge is -1.98. The normalized spacial score (nSPS) is 13.7. The summed E-state index contributed by atoms with van der Waals surface area (Å²) in [5.41, 5.74) is 0. The molecule has 12 heteroatoms. The maximum absolute atomic E-state index is 11.9. The molecule has 0 saturated heterocycles. The van der Waals surface area contributed by atoms with Crippen LogP contribution in [0.3, 0.4) is 0 Å². The van der Waals surface area contributed by atoms with Crippen molar-refractivity contribution in [2.24, 2.45) is 5.92 Å². The average Bonchev–Trinajstić information content (AvgIpc) is 3.18. The summed E-state index contributed by atoms with van der Waals surface area (Å²) in [6.07, 6.45) is 1.88. The molecule has 8 nitrogen and oxygen atoms in total. The van der Waals surface area contributed by atoms with Gasteiger partial charge >= 0.3 is 0 Å². The number of nitrogens with zero attached hydrogens (tertiary/aromatic N) is 4. The lowest BCUT2D eigenvalue weighted by atomic mass is 10.4. The molecule has 128 valence electrons. The number of anilines is 2. The summed E-state index contributed by atoms with van der Waals surface area (Å²) in [6, 6.07) is 0. The Labute approximate surface area is 154 Å². The van der Waals surface area contributed by atoms with Crippen LogP contribution < -0.4 is 10.6 Å². The van der Waals surface area contributed by atoms with E-state index in [-0.39, 0.29) is 23.5 Å². The van der Waals surface area contributed by atoms with Gasteiger partial charge < -0.3 is 5.32 Å². The van der Waals surface area contributed by atoms with Gasteiger partial charge in [-0.15, -0.1) is 20.4 Å². The Hall–Kier alpha value is -1.24. The number of nitrogens with one attached hydrogen (secondary N) is 2. The highest BCUT2D eigenvalue weighted by Crippen LogP contribution is 2.32. The standard InChI is InChI=1S/C12H14N6O2S4/c1-2-21-11-17-15-9(23-11)13-7(19)5-22-12-18-16-10(24-12)14-8(20)6-3-4-6/h6H,2-5H2,1H3,(H,13,15,19)(H,14,16,20). The van der Waals surface area contributed by atoms with Crippen molar-refractivity contribution >= 4 is 68.3 Å². The van der Waals surface area contributed by atoms with Gasteiger partial charge in [-0.2, -0.15) is 0 Å². The zero-order valence-electron chi connectivity index (χ0n) is 12.6. The smallest absolute Gasteiger partial charge is 0.236 e. The zero-order valence-corrected chi connectivity index (χ0v) is 15.9. The first-order valence-electron chi connectivity index (χ1n) is 7.17. The molecule has 24 heavy (non-hydrogen) atoms. The molecule has 0 aromatic carbocycles. The van der Waals surface area contributed by atoms with E-state index in [4.69, 9.17) is 0 Å². The van der Waals surface area contributed by atoms with Gasteiger partial charge in [0.05, 0.1) is 5.75 Å². The predicted octanol–water partition coefficient (Wildman–Crippen LogP) is 2.58. The van der Waals surface area contributed by atoms with Crippen LogP contribution in [0.25, 0.3) is 0 Å². The van der Waals surface area contributed by atoms with E-state index in [1.165, 1.54) is 34.4 Å². The Morgan fingerprint density at radius 1 is 1.04 bits per heavy atom. The van der Waals surface area contributed by atoms with Gasteiger partial charge in [0.15, 0.2) is 8.68 Å². The largest absolute Gasteiger partial charge is 0.300 e. The lowest BCUT2D eigenvalue weighted by molar-refractivity contribution is -0.117. The summed E-state index contributed by atoms with van der Waals surface area (Å²) < 4.78 is 1.47. The number of carbonyl (C=O) groups excluding carboxylic acids is 2. The zero-order chi connectivity index (χ0) is 16.9. The van der Waals surface area contributed by atoms with Gasteiger partial charge in [0.1, 0.15) is 0 Å². The van der Waals surface area contributed by atoms with Crippen molar-refractivity contribution in [2.75, 3.05) is 22.1 Å². The Balaban J connectivity index is 1.43. The van der Waals surface area contributed by atoms with Crippen molar-refractivity contribution in [1.29, 1.82) is 0 Å². The molecule has 0 unspecified atom stereocenters. The second kappa shape index (κ2) is 8.23. The number of amides is 2. The second-order valence-electron chi connectivity index (χ2n) is 4.78. The van der Waals surface area contributed by atoms with Crippen LogP contribution in [0.4, 0.5) is 10.3 Å². The second-order valence-corrected chi connectivity index (χ2v) is 9.47. The van der Waals surface area contributed by atoms with Gasteiger partial charge in [0, 0.05) is 5.92 Å². The van der Waals surface area contributed by atoms with Crippen molar-refractivity contribution in [2.45, 2.75) is 28.4 Å². The van der Waals surface area contributed by atoms with Crippen molar-refractivity contribution < 1.29 is 9.59 Å². The highest BCUT2D eigenvalue weighted by Gasteiger charge is 2.30. The number of hydrogen-bond acceptors (Lipinski definition) is 10. The van der Waals surface area contributed by atoms with Crippen molar-refractivity contribution in [3.8, 4) is 0 Å². The van der Waals surface area contributed by atoms with Crippen LogP contribution in [0.15, 0.2) is 8.68 Å². The summed E-state index contributed by atoms with van der Waals surface area (Å²) in [5, 5.41) is 22.2. The van der Waals surface area contributed by atoms with Gasteiger partial charge in [-0.25, -0.2) is 0 Å². The molecule has 0 atom stereocenters. The summed E-state index contributed by atoms with van der Waals surface area (Å²) >= 11 is 5.47. The van der Waals surface area contributed by atoms with E-state index < -0.39 is 0 Å². The summed E-state index contributed by atoms with van der Waals surface area (Å²) in [4.78, 5) is 23.6. The van der Waals surface area contributed by atoms with E-state index in [0.717, 1.165) is 22.9 Å². The molecule has 2 aromatic heterocycles. The highest BCUT2D eigenvalue weighted by atomic mass is 32.2. The molecule has 0 spiro atoms. The van der Waals surface area contributed by atoms with Crippen LogP contribution in [0, 0.1) is 5.92 Å². The van der Waals surface area contributed by atoms with Crippen LogP contribution >= 0.6 is 46.2 Å². The number of aromatic nitrogens is 4. The molecule has 2 N–H and O–H groups in total. The molecule has 1 aliphatic carbocycles. The third kappa shape index (κ3) is 5.13. The summed E-state index contributed by atoms with van der Waals surface area (Å²) in [5.74, 6) is 1.05. The lowest BCUT2D eigenvalue weighted by Crippen LogP contribution is -2.13. The molecular formula is C12H14N6O2S4. The molecule has 0 bridgehead atoms. The molecule has 1 fully saturated rings. The molecule has 1 aliphatic rings. The minimum Gasteiger partial charge on any atom is -0.300 e. The minimum atomic E-state index is -0.178. The van der Waals surface area contributed by atoms with Crippen LogP contribution in [0.5, 0.6) is 0 Å². The third-order valence-corrected chi connectivity index (χ3v) is 6.66. The van der Waals surface area contributed by atoms with Crippen LogP contribution in [-0.2, 0) is 9.59 Å². The van der Waals surface area contributed by atoms with Gasteiger partial charge in [-0.3, -0.25) is 14.9 Å². The topological polar surface area (TPSA) is 110 Å². The fraction of sp³-hybridized carbons (Fsp3) is 0.500. The number of thioether (sulfide) groups is 2. The van der Waals surface area contributed by atoms with E-state index in [2.05, 4.69) is 31.0 Å². The number of carbonyl (C=O) groups is 2. The Bertz CT molecular complexity index is 729. The van der Waals surface area contributed by atoms with Crippen LogP contribution in [-0.4, -0.2) is 43.7 Å². The monoisotopic (exact) mass is 402 g/mol. The highest BCUT2D eigenvalue weighted by molar-refractivity contribution is 8.01. The summed E-state index contributed by atoms with van der Waals surface area (Å²) in [6.45, 7) is 2.03. The SMILES string of the molecule is CCSc1nnc(NC(=O)CSc2nnc(NC(=O)C3CC3)s2)s1. The van der Waals surface area contributed by atoms with E-state index in [1.807, 2.05) is 6.92 Å². The van der Waals surface area contributed by atoms with Gasteiger partial charge in [-0.1, -0.05) is 53.1 Å². The minimum absolute atomic E-state index is 0.00235. The third-order valence-electron chi connectivity index (χ3n) is 2.83. The maximum Gasteiger partial charge on any atom is 0.236 e. The molecule has 1 saturated carbocycles. The van der Waals surface area contributed by atoms with E-state index in [1.54, 1.807) is 11.8 Å². The molecular weight excluding hydrogens is 388 g/mol. The molecule has 0 aliphatic heterocycles. The number of rotatable bonds is 8. The molecule has 0 radical (unpaired) electrons. The van der Waals surface area contributed by atoms with Crippen molar-refractivity contribution in [3.63, 3.8) is 0 Å². The van der Waals surface area contributed by atoms with Crippen LogP contribution in [0.2, 0.25) is 0 Å². The first-order valence-corrected chi connectivity index (χ1v) is 10.8. The Kier molecular flexibility index (Phi) is 6.03. The van der Waals surface area contributed by atoms with Gasteiger partial charge in [0.25, 0.3) is 0 Å². The maximum atomic E-state index is 11.9. The fourth-order valence-corrected chi connectivity index (χ4v) is 4.82. The first-order chi connectivity index (χ1) is 11.6. The van der Waals surface area contributed by atoms with E-state index >= 15 is 0 Å². The van der Waals surface area contributed by atoms with Crippen molar-refractivity contribution in [3.05, 3.63) is 0 Å². The number of hydrogen-bond donors (Lipinski definition) is 2. The Morgan fingerprint density at radius 3 is 2.29 bits per heavy atom. The molecule has 2 amide bonds.